The van der Waals surface area contributed by atoms with Gasteiger partial charge in [0, 0.05) is 29.2 Å². The zero-order valence-corrected chi connectivity index (χ0v) is 16.4. The quantitative estimate of drug-likeness (QED) is 0.497. The highest BCUT2D eigenvalue weighted by atomic mass is 35.5. The molecule has 0 saturated carbocycles. The normalized spacial score (nSPS) is 11.1. The molecule has 0 aliphatic carbocycles. The first-order chi connectivity index (χ1) is 13.5. The Morgan fingerprint density at radius 3 is 2.86 bits per heavy atom. The highest BCUT2D eigenvalue weighted by Gasteiger charge is 2.22. The van der Waals surface area contributed by atoms with Crippen LogP contribution in [0.5, 0.6) is 0 Å². The van der Waals surface area contributed by atoms with Gasteiger partial charge in [0.15, 0.2) is 0 Å². The average Bonchev–Trinajstić information content (AvgIpc) is 3.25. The Morgan fingerprint density at radius 2 is 2.04 bits per heavy atom. The zero-order chi connectivity index (χ0) is 19.7. The van der Waals surface area contributed by atoms with Gasteiger partial charge in [-0.15, -0.1) is 0 Å². The Labute approximate surface area is 167 Å². The van der Waals surface area contributed by atoms with Crippen molar-refractivity contribution in [2.24, 2.45) is 0 Å². The molecule has 0 aliphatic rings. The molecule has 2 aromatic heterocycles. The van der Waals surface area contributed by atoms with E-state index in [0.717, 1.165) is 11.9 Å². The topological polar surface area (TPSA) is 70.9 Å². The van der Waals surface area contributed by atoms with Crippen LogP contribution < -0.4 is 5.32 Å². The second-order valence-electron chi connectivity index (χ2n) is 6.81. The first-order valence-corrected chi connectivity index (χ1v) is 9.48. The fourth-order valence-electron chi connectivity index (χ4n) is 3.37. The summed E-state index contributed by atoms with van der Waals surface area (Å²) in [7, 11) is 0. The number of H-pyrrole nitrogens is 1. The Hall–Kier alpha value is -3.05. The van der Waals surface area contributed by atoms with Gasteiger partial charge in [-0.25, -0.2) is 0 Å². The summed E-state index contributed by atoms with van der Waals surface area (Å²) in [5, 5.41) is 8.74. The van der Waals surface area contributed by atoms with Gasteiger partial charge in [-0.05, 0) is 44.0 Å². The standard InChI is InChI=1S/C22H20ClN3O2/c1-13-7-8-19-17(11-13)15(12-25-19)9-10-24-22(27)20-14(2)28-26-21(20)16-5-3-4-6-18(16)23/h3-8,11-12,25H,9-10H2,1-2H3,(H,24,27). The minimum absolute atomic E-state index is 0.218. The van der Waals surface area contributed by atoms with Gasteiger partial charge in [-0.1, -0.05) is 46.6 Å². The third-order valence-electron chi connectivity index (χ3n) is 4.82. The summed E-state index contributed by atoms with van der Waals surface area (Å²) < 4.78 is 5.27. The van der Waals surface area contributed by atoms with E-state index in [1.165, 1.54) is 16.5 Å². The Kier molecular flexibility index (Phi) is 4.92. The smallest absolute Gasteiger partial charge is 0.257 e. The molecule has 28 heavy (non-hydrogen) atoms. The fourth-order valence-corrected chi connectivity index (χ4v) is 3.60. The third-order valence-corrected chi connectivity index (χ3v) is 5.15. The van der Waals surface area contributed by atoms with Crippen molar-refractivity contribution in [2.45, 2.75) is 20.3 Å². The van der Waals surface area contributed by atoms with Gasteiger partial charge in [0.1, 0.15) is 17.0 Å². The summed E-state index contributed by atoms with van der Waals surface area (Å²) in [5.74, 6) is 0.250. The van der Waals surface area contributed by atoms with Gasteiger partial charge < -0.3 is 14.8 Å². The predicted octanol–water partition coefficient (Wildman–Crippen LogP) is 5.07. The Bertz CT molecular complexity index is 1160. The number of carbonyl (C=O) groups excluding carboxylic acids is 1. The molecule has 142 valence electrons. The highest BCUT2D eigenvalue weighted by molar-refractivity contribution is 6.33. The van der Waals surface area contributed by atoms with Crippen molar-refractivity contribution < 1.29 is 9.32 Å². The van der Waals surface area contributed by atoms with Crippen molar-refractivity contribution in [3.05, 3.63) is 76.1 Å². The van der Waals surface area contributed by atoms with E-state index in [-0.39, 0.29) is 5.91 Å². The summed E-state index contributed by atoms with van der Waals surface area (Å²) in [6.45, 7) is 4.31. The molecule has 0 atom stereocenters. The van der Waals surface area contributed by atoms with Crippen molar-refractivity contribution in [2.75, 3.05) is 6.54 Å². The van der Waals surface area contributed by atoms with Gasteiger partial charge in [0.05, 0.1) is 5.02 Å². The van der Waals surface area contributed by atoms with Crippen LogP contribution in [0.3, 0.4) is 0 Å². The van der Waals surface area contributed by atoms with Crippen LogP contribution in [-0.2, 0) is 6.42 Å². The first-order valence-electron chi connectivity index (χ1n) is 9.10. The van der Waals surface area contributed by atoms with Crippen molar-refractivity contribution >= 4 is 28.4 Å². The van der Waals surface area contributed by atoms with E-state index in [4.69, 9.17) is 16.1 Å². The SMILES string of the molecule is Cc1ccc2[nH]cc(CCNC(=O)c3c(-c4ccccc4Cl)noc3C)c2c1. The molecule has 0 saturated heterocycles. The van der Waals surface area contributed by atoms with Gasteiger partial charge in [-0.2, -0.15) is 0 Å². The molecular formula is C22H20ClN3O2. The molecule has 0 bridgehead atoms. The molecule has 4 rings (SSSR count). The van der Waals surface area contributed by atoms with E-state index >= 15 is 0 Å². The summed E-state index contributed by atoms with van der Waals surface area (Å²) in [5.41, 5.74) is 5.04. The lowest BCUT2D eigenvalue weighted by Crippen LogP contribution is -2.26. The number of aromatic amines is 1. The number of nitrogens with one attached hydrogen (secondary N) is 2. The minimum atomic E-state index is -0.218. The van der Waals surface area contributed by atoms with E-state index in [1.807, 2.05) is 24.4 Å². The van der Waals surface area contributed by atoms with Crippen molar-refractivity contribution in [1.29, 1.82) is 0 Å². The second-order valence-corrected chi connectivity index (χ2v) is 7.22. The fraction of sp³-hybridized carbons (Fsp3) is 0.182. The van der Waals surface area contributed by atoms with Crippen molar-refractivity contribution in [1.82, 2.24) is 15.5 Å². The van der Waals surface area contributed by atoms with Crippen LogP contribution in [0.15, 0.2) is 53.2 Å². The van der Waals surface area contributed by atoms with E-state index in [9.17, 15) is 4.79 Å². The summed E-state index contributed by atoms with van der Waals surface area (Å²) in [6.07, 6.45) is 2.72. The van der Waals surface area contributed by atoms with Crippen molar-refractivity contribution in [3.63, 3.8) is 0 Å². The molecule has 0 radical (unpaired) electrons. The number of halogens is 1. The number of benzene rings is 2. The van der Waals surface area contributed by atoms with Gasteiger partial charge in [-0.3, -0.25) is 4.79 Å². The van der Waals surface area contributed by atoms with Crippen LogP contribution in [0, 0.1) is 13.8 Å². The number of hydrogen-bond acceptors (Lipinski definition) is 3. The van der Waals surface area contributed by atoms with Gasteiger partial charge in [0.2, 0.25) is 0 Å². The molecule has 6 heteroatoms. The lowest BCUT2D eigenvalue weighted by atomic mass is 10.1. The molecule has 4 aromatic rings. The Morgan fingerprint density at radius 1 is 1.21 bits per heavy atom. The number of rotatable bonds is 5. The number of amides is 1. The molecule has 0 spiro atoms. The number of fused-ring (bicyclic) bond motifs is 1. The third kappa shape index (κ3) is 3.41. The van der Waals surface area contributed by atoms with Gasteiger partial charge >= 0.3 is 0 Å². The van der Waals surface area contributed by atoms with Crippen LogP contribution >= 0.6 is 11.6 Å². The maximum Gasteiger partial charge on any atom is 0.257 e. The maximum atomic E-state index is 12.8. The second kappa shape index (κ2) is 7.52. The van der Waals surface area contributed by atoms with E-state index in [1.54, 1.807) is 13.0 Å². The number of hydrogen-bond donors (Lipinski definition) is 2. The predicted molar refractivity (Wildman–Crippen MR) is 111 cm³/mol. The van der Waals surface area contributed by atoms with Gasteiger partial charge in [0.25, 0.3) is 5.91 Å². The number of nitrogens with zero attached hydrogens (tertiary/aromatic N) is 1. The number of aryl methyl sites for hydroxylation is 2. The molecule has 0 fully saturated rings. The summed E-state index contributed by atoms with van der Waals surface area (Å²) >= 11 is 6.27. The van der Waals surface area contributed by atoms with E-state index in [0.29, 0.717) is 34.1 Å². The summed E-state index contributed by atoms with van der Waals surface area (Å²) in [4.78, 5) is 16.1. The highest BCUT2D eigenvalue weighted by Crippen LogP contribution is 2.31. The number of aromatic nitrogens is 2. The maximum absolute atomic E-state index is 12.8. The van der Waals surface area contributed by atoms with Crippen LogP contribution in [0.1, 0.15) is 27.2 Å². The van der Waals surface area contributed by atoms with Crippen LogP contribution in [0.4, 0.5) is 0 Å². The molecule has 0 unspecified atom stereocenters. The van der Waals surface area contributed by atoms with Crippen molar-refractivity contribution in [3.8, 4) is 11.3 Å². The van der Waals surface area contributed by atoms with Crippen LogP contribution in [-0.4, -0.2) is 22.6 Å². The van der Waals surface area contributed by atoms with Crippen LogP contribution in [0.2, 0.25) is 5.02 Å². The molecule has 0 aliphatic heterocycles. The average molecular weight is 394 g/mol. The lowest BCUT2D eigenvalue weighted by Gasteiger charge is -2.07. The van der Waals surface area contributed by atoms with E-state index < -0.39 is 0 Å². The molecular weight excluding hydrogens is 374 g/mol. The minimum Gasteiger partial charge on any atom is -0.361 e. The lowest BCUT2D eigenvalue weighted by molar-refractivity contribution is 0.0953. The number of carbonyl (C=O) groups is 1. The molecule has 2 aromatic carbocycles. The monoisotopic (exact) mass is 393 g/mol. The molecule has 5 nitrogen and oxygen atoms in total. The zero-order valence-electron chi connectivity index (χ0n) is 15.7. The molecule has 2 heterocycles. The van der Waals surface area contributed by atoms with E-state index in [2.05, 4.69) is 40.6 Å². The summed E-state index contributed by atoms with van der Waals surface area (Å²) in [6, 6.07) is 13.6. The molecule has 1 amide bonds. The van der Waals surface area contributed by atoms with Crippen LogP contribution in [0.25, 0.3) is 22.2 Å². The Balaban J connectivity index is 1.51. The molecule has 2 N–H and O–H groups in total. The largest absolute Gasteiger partial charge is 0.361 e. The first kappa shape index (κ1) is 18.3.